The van der Waals surface area contributed by atoms with Crippen molar-refractivity contribution in [2.45, 2.75) is 33.1 Å². The van der Waals surface area contributed by atoms with Crippen LogP contribution in [0.15, 0.2) is 30.0 Å². The molecule has 1 aromatic heterocycles. The van der Waals surface area contributed by atoms with Gasteiger partial charge in [0.15, 0.2) is 0 Å². The Hall–Kier alpha value is -1.12. The topological polar surface area (TPSA) is 15.8 Å². The lowest BCUT2D eigenvalue weighted by molar-refractivity contribution is 0.175. The lowest BCUT2D eigenvalue weighted by Crippen LogP contribution is -2.07. The van der Waals surface area contributed by atoms with Crippen LogP contribution in [0.3, 0.4) is 0 Å². The van der Waals surface area contributed by atoms with E-state index in [-0.39, 0.29) is 11.5 Å². The first-order valence-corrected chi connectivity index (χ1v) is 5.25. The summed E-state index contributed by atoms with van der Waals surface area (Å²) >= 11 is 0. The quantitative estimate of drug-likeness (QED) is 0.716. The molecule has 0 radical (unpaired) electrons. The Morgan fingerprint density at radius 2 is 2.27 bits per heavy atom. The molecular formula is C12H17F2N. The first-order valence-electron chi connectivity index (χ1n) is 5.25. The second kappa shape index (κ2) is 5.69. The molecule has 1 nitrogen and oxygen atoms in total. The molecule has 0 fully saturated rings. The summed E-state index contributed by atoms with van der Waals surface area (Å²) in [5, 5.41) is 0. The molecular weight excluding hydrogens is 196 g/mol. The maximum Gasteiger partial charge on any atom is 0.260 e. The van der Waals surface area contributed by atoms with Crippen LogP contribution in [0.4, 0.5) is 8.78 Å². The van der Waals surface area contributed by atoms with Crippen molar-refractivity contribution in [3.8, 4) is 0 Å². The number of hydrogen-bond acceptors (Lipinski definition) is 0. The third-order valence-electron chi connectivity index (χ3n) is 2.65. The van der Waals surface area contributed by atoms with Gasteiger partial charge in [0, 0.05) is 18.3 Å². The molecule has 0 saturated carbocycles. The molecule has 0 aliphatic carbocycles. The summed E-state index contributed by atoms with van der Waals surface area (Å²) in [5.41, 5.74) is 1.23. The van der Waals surface area contributed by atoms with Gasteiger partial charge in [0.1, 0.15) is 0 Å². The molecule has 84 valence electrons. The lowest BCUT2D eigenvalue weighted by Gasteiger charge is -2.13. The summed E-state index contributed by atoms with van der Waals surface area (Å²) in [4.78, 5) is 3.00. The van der Waals surface area contributed by atoms with Gasteiger partial charge in [-0.3, -0.25) is 0 Å². The minimum Gasteiger partial charge on any atom is -0.365 e. The summed E-state index contributed by atoms with van der Waals surface area (Å²) in [6.07, 6.45) is 2.41. The Morgan fingerprint density at radius 3 is 2.73 bits per heavy atom. The van der Waals surface area contributed by atoms with Gasteiger partial charge >= 0.3 is 0 Å². The predicted molar refractivity (Wildman–Crippen MR) is 58.0 cm³/mol. The zero-order chi connectivity index (χ0) is 11.3. The number of nitrogens with one attached hydrogen (secondary N) is 1. The first-order chi connectivity index (χ1) is 7.15. The number of H-pyrrole nitrogens is 1. The van der Waals surface area contributed by atoms with Crippen molar-refractivity contribution in [3.05, 3.63) is 35.7 Å². The molecule has 0 amide bonds. The van der Waals surface area contributed by atoms with Crippen LogP contribution in [0.1, 0.15) is 26.0 Å². The van der Waals surface area contributed by atoms with Crippen molar-refractivity contribution < 1.29 is 8.78 Å². The Labute approximate surface area is 89.2 Å². The highest BCUT2D eigenvalue weighted by Crippen LogP contribution is 2.22. The number of hydrogen-bond donors (Lipinski definition) is 1. The summed E-state index contributed by atoms with van der Waals surface area (Å²) in [6.45, 7) is 3.77. The zero-order valence-electron chi connectivity index (χ0n) is 9.13. The fourth-order valence-corrected chi connectivity index (χ4v) is 1.46. The molecule has 0 aromatic carbocycles. The maximum atomic E-state index is 12.7. The van der Waals surface area contributed by atoms with Gasteiger partial charge in [-0.25, -0.2) is 8.78 Å². The molecule has 0 spiro atoms. The highest BCUT2D eigenvalue weighted by Gasteiger charge is 2.16. The Kier molecular flexibility index (Phi) is 4.53. The number of aromatic amines is 1. The molecule has 1 atom stereocenters. The Morgan fingerprint density at radius 1 is 1.53 bits per heavy atom. The van der Waals surface area contributed by atoms with E-state index in [2.05, 4.69) is 4.98 Å². The van der Waals surface area contributed by atoms with Crippen LogP contribution in [0.5, 0.6) is 0 Å². The van der Waals surface area contributed by atoms with Crippen molar-refractivity contribution >= 4 is 0 Å². The molecule has 1 heterocycles. The zero-order valence-corrected chi connectivity index (χ0v) is 9.13. The maximum absolute atomic E-state index is 12.7. The van der Waals surface area contributed by atoms with E-state index in [9.17, 15) is 8.78 Å². The predicted octanol–water partition coefficient (Wildman–Crippen LogP) is 3.79. The van der Waals surface area contributed by atoms with E-state index < -0.39 is 6.43 Å². The summed E-state index contributed by atoms with van der Waals surface area (Å²) < 4.78 is 25.4. The van der Waals surface area contributed by atoms with Crippen LogP contribution in [0.25, 0.3) is 0 Å². The van der Waals surface area contributed by atoms with E-state index in [0.717, 1.165) is 12.1 Å². The molecule has 3 heteroatoms. The van der Waals surface area contributed by atoms with E-state index in [4.69, 9.17) is 0 Å². The van der Waals surface area contributed by atoms with Crippen molar-refractivity contribution in [3.63, 3.8) is 0 Å². The number of rotatable bonds is 5. The van der Waals surface area contributed by atoms with Crippen LogP contribution in [-0.2, 0) is 6.42 Å². The van der Waals surface area contributed by atoms with Gasteiger partial charge in [-0.05, 0) is 30.0 Å². The smallest absolute Gasteiger partial charge is 0.260 e. The van der Waals surface area contributed by atoms with E-state index >= 15 is 0 Å². The minimum absolute atomic E-state index is 0.0417. The van der Waals surface area contributed by atoms with Gasteiger partial charge in [-0.1, -0.05) is 19.9 Å². The molecule has 1 N–H and O–H groups in total. The molecule has 1 rings (SSSR count). The molecule has 1 unspecified atom stereocenters. The van der Waals surface area contributed by atoms with Gasteiger partial charge in [0.05, 0.1) is 0 Å². The largest absolute Gasteiger partial charge is 0.365 e. The van der Waals surface area contributed by atoms with E-state index in [1.807, 2.05) is 26.0 Å². The second-order valence-corrected chi connectivity index (χ2v) is 3.71. The Bertz CT molecular complexity index is 301. The number of halogens is 2. The van der Waals surface area contributed by atoms with Crippen molar-refractivity contribution in [1.29, 1.82) is 0 Å². The van der Waals surface area contributed by atoms with Gasteiger partial charge in [-0.2, -0.15) is 0 Å². The van der Waals surface area contributed by atoms with Crippen molar-refractivity contribution in [2.75, 3.05) is 0 Å². The summed E-state index contributed by atoms with van der Waals surface area (Å²) in [7, 11) is 0. The standard InChI is InChI=1S/C12H17F2N/c1-3-9(2)11(12(13)14)7-6-10-5-4-8-15-10/h4-5,7-9,12,15H,3,6H2,1-2H3/b11-7+. The normalized spacial score (nSPS) is 14.6. The van der Waals surface area contributed by atoms with Crippen molar-refractivity contribution in [1.82, 2.24) is 4.98 Å². The van der Waals surface area contributed by atoms with Gasteiger partial charge < -0.3 is 4.98 Å². The second-order valence-electron chi connectivity index (χ2n) is 3.71. The van der Waals surface area contributed by atoms with Gasteiger partial charge in [0.25, 0.3) is 6.43 Å². The molecule has 0 bridgehead atoms. The summed E-state index contributed by atoms with van der Waals surface area (Å²) in [5.74, 6) is -0.0417. The first kappa shape index (κ1) is 12.0. The fourth-order valence-electron chi connectivity index (χ4n) is 1.46. The minimum atomic E-state index is -2.34. The van der Waals surface area contributed by atoms with Gasteiger partial charge in [0.2, 0.25) is 0 Å². The van der Waals surface area contributed by atoms with E-state index in [1.165, 1.54) is 0 Å². The van der Waals surface area contributed by atoms with E-state index in [0.29, 0.717) is 6.42 Å². The molecule has 0 saturated heterocycles. The number of alkyl halides is 2. The van der Waals surface area contributed by atoms with Crippen molar-refractivity contribution in [2.24, 2.45) is 5.92 Å². The molecule has 0 aliphatic rings. The SMILES string of the molecule is CCC(C)/C(=C\Cc1ccc[nH]1)C(F)F. The average Bonchev–Trinajstić information content (AvgIpc) is 2.70. The van der Waals surface area contributed by atoms with Crippen LogP contribution >= 0.6 is 0 Å². The van der Waals surface area contributed by atoms with Crippen LogP contribution < -0.4 is 0 Å². The summed E-state index contributed by atoms with van der Waals surface area (Å²) in [6, 6.07) is 3.77. The third-order valence-corrected chi connectivity index (χ3v) is 2.65. The molecule has 0 aliphatic heterocycles. The average molecular weight is 213 g/mol. The molecule has 15 heavy (non-hydrogen) atoms. The van der Waals surface area contributed by atoms with Crippen LogP contribution in [0, 0.1) is 5.92 Å². The lowest BCUT2D eigenvalue weighted by atomic mass is 9.97. The monoisotopic (exact) mass is 213 g/mol. The number of allylic oxidation sites excluding steroid dienone is 2. The highest BCUT2D eigenvalue weighted by atomic mass is 19.3. The number of aromatic nitrogens is 1. The highest BCUT2D eigenvalue weighted by molar-refractivity contribution is 5.15. The van der Waals surface area contributed by atoms with Gasteiger partial charge in [-0.15, -0.1) is 0 Å². The third kappa shape index (κ3) is 3.50. The van der Waals surface area contributed by atoms with E-state index in [1.54, 1.807) is 12.3 Å². The van der Waals surface area contributed by atoms with Crippen LogP contribution in [-0.4, -0.2) is 11.4 Å². The van der Waals surface area contributed by atoms with Crippen LogP contribution in [0.2, 0.25) is 0 Å². The fraction of sp³-hybridized carbons (Fsp3) is 0.500. The molecule has 1 aromatic rings. The Balaban J connectivity index is 2.67.